The van der Waals surface area contributed by atoms with E-state index in [-0.39, 0.29) is 17.3 Å². The standard InChI is InChI=1S/C13H25NO2S/c1-7-8-17-12(15)13(5)10(4)16-14(6)11(13)9(2)3/h9-11H,7-8H2,1-6H3/t10-,11+,13-/m0/s1. The second kappa shape index (κ2) is 5.72. The van der Waals surface area contributed by atoms with E-state index in [4.69, 9.17) is 4.84 Å². The van der Waals surface area contributed by atoms with Gasteiger partial charge in [-0.25, -0.2) is 0 Å². The Labute approximate surface area is 109 Å². The fraction of sp³-hybridized carbons (Fsp3) is 0.923. The number of hydroxylamine groups is 2. The summed E-state index contributed by atoms with van der Waals surface area (Å²) in [7, 11) is 1.93. The predicted molar refractivity (Wildman–Crippen MR) is 72.8 cm³/mol. The summed E-state index contributed by atoms with van der Waals surface area (Å²) < 4.78 is 0. The van der Waals surface area contributed by atoms with Crippen LogP contribution in [0.15, 0.2) is 0 Å². The van der Waals surface area contributed by atoms with Gasteiger partial charge in [0.1, 0.15) is 0 Å². The normalized spacial score (nSPS) is 34.5. The van der Waals surface area contributed by atoms with Gasteiger partial charge in [-0.15, -0.1) is 0 Å². The smallest absolute Gasteiger partial charge is 0.199 e. The molecule has 3 nitrogen and oxygen atoms in total. The van der Waals surface area contributed by atoms with E-state index < -0.39 is 5.41 Å². The zero-order valence-electron chi connectivity index (χ0n) is 11.8. The van der Waals surface area contributed by atoms with E-state index >= 15 is 0 Å². The maximum absolute atomic E-state index is 12.5. The molecular formula is C13H25NO2S. The summed E-state index contributed by atoms with van der Waals surface area (Å²) in [4.78, 5) is 18.2. The second-order valence-electron chi connectivity index (χ2n) is 5.40. The van der Waals surface area contributed by atoms with E-state index in [1.165, 1.54) is 11.8 Å². The Balaban J connectivity index is 2.92. The molecule has 1 fully saturated rings. The van der Waals surface area contributed by atoms with Gasteiger partial charge in [0.2, 0.25) is 0 Å². The minimum atomic E-state index is -0.400. The van der Waals surface area contributed by atoms with Crippen LogP contribution in [0.1, 0.15) is 41.0 Å². The average Bonchev–Trinajstić information content (AvgIpc) is 2.47. The molecule has 0 aromatic heterocycles. The van der Waals surface area contributed by atoms with Crippen LogP contribution in [0.5, 0.6) is 0 Å². The third-order valence-corrected chi connectivity index (χ3v) is 5.00. The Morgan fingerprint density at radius 3 is 2.59 bits per heavy atom. The molecule has 0 spiro atoms. The van der Waals surface area contributed by atoms with Crippen LogP contribution in [0.25, 0.3) is 0 Å². The third kappa shape index (κ3) is 2.69. The Morgan fingerprint density at radius 1 is 1.53 bits per heavy atom. The Kier molecular flexibility index (Phi) is 5.05. The molecule has 0 aliphatic carbocycles. The number of carbonyl (C=O) groups excluding carboxylic acids is 1. The van der Waals surface area contributed by atoms with Gasteiger partial charge >= 0.3 is 0 Å². The van der Waals surface area contributed by atoms with Crippen molar-refractivity contribution in [3.05, 3.63) is 0 Å². The van der Waals surface area contributed by atoms with E-state index in [1.54, 1.807) is 0 Å². The predicted octanol–water partition coefficient (Wildman–Crippen LogP) is 2.95. The molecule has 100 valence electrons. The molecule has 1 heterocycles. The van der Waals surface area contributed by atoms with Crippen molar-refractivity contribution < 1.29 is 9.63 Å². The number of hydrogen-bond acceptors (Lipinski definition) is 4. The van der Waals surface area contributed by atoms with Gasteiger partial charge in [-0.2, -0.15) is 5.06 Å². The van der Waals surface area contributed by atoms with E-state index in [9.17, 15) is 4.79 Å². The van der Waals surface area contributed by atoms with Crippen molar-refractivity contribution in [2.75, 3.05) is 12.8 Å². The first-order valence-corrected chi connectivity index (χ1v) is 7.41. The lowest BCUT2D eigenvalue weighted by molar-refractivity contribution is -0.144. The van der Waals surface area contributed by atoms with Crippen LogP contribution in [-0.4, -0.2) is 35.1 Å². The zero-order valence-corrected chi connectivity index (χ0v) is 12.6. The van der Waals surface area contributed by atoms with Crippen molar-refractivity contribution in [2.45, 2.75) is 53.2 Å². The zero-order chi connectivity index (χ0) is 13.2. The minimum absolute atomic E-state index is 0.0447. The molecule has 1 aliphatic heterocycles. The van der Waals surface area contributed by atoms with E-state index in [0.717, 1.165) is 12.2 Å². The summed E-state index contributed by atoms with van der Waals surface area (Å²) in [6, 6.07) is 0.161. The van der Waals surface area contributed by atoms with Gasteiger partial charge in [0.15, 0.2) is 5.12 Å². The number of carbonyl (C=O) groups is 1. The number of nitrogens with zero attached hydrogens (tertiary/aromatic N) is 1. The molecule has 1 saturated heterocycles. The van der Waals surface area contributed by atoms with Crippen LogP contribution in [0.4, 0.5) is 0 Å². The highest BCUT2D eigenvalue weighted by molar-refractivity contribution is 8.13. The molecule has 0 amide bonds. The molecule has 0 aromatic carbocycles. The largest absolute Gasteiger partial charge is 0.295 e. The number of thioether (sulfide) groups is 1. The van der Waals surface area contributed by atoms with Gasteiger partial charge in [-0.1, -0.05) is 32.5 Å². The van der Waals surface area contributed by atoms with Gasteiger partial charge in [-0.3, -0.25) is 9.63 Å². The molecule has 0 bridgehead atoms. The summed E-state index contributed by atoms with van der Waals surface area (Å²) in [6.45, 7) is 10.5. The summed E-state index contributed by atoms with van der Waals surface area (Å²) in [5.74, 6) is 1.30. The SMILES string of the molecule is CCCSC(=O)[C@@]1(C)[C@H](C)ON(C)[C@@H]1C(C)C. The molecule has 17 heavy (non-hydrogen) atoms. The topological polar surface area (TPSA) is 29.5 Å². The number of hydrogen-bond donors (Lipinski definition) is 0. The average molecular weight is 259 g/mol. The first-order chi connectivity index (χ1) is 7.85. The van der Waals surface area contributed by atoms with E-state index in [1.807, 2.05) is 19.0 Å². The molecule has 0 radical (unpaired) electrons. The lowest BCUT2D eigenvalue weighted by atomic mass is 9.75. The molecule has 1 aliphatic rings. The highest BCUT2D eigenvalue weighted by Gasteiger charge is 2.55. The van der Waals surface area contributed by atoms with E-state index in [2.05, 4.69) is 27.7 Å². The van der Waals surface area contributed by atoms with Crippen LogP contribution in [0.2, 0.25) is 0 Å². The van der Waals surface area contributed by atoms with Crippen molar-refractivity contribution in [3.8, 4) is 0 Å². The Morgan fingerprint density at radius 2 is 2.12 bits per heavy atom. The first kappa shape index (κ1) is 15.0. The molecular weight excluding hydrogens is 234 g/mol. The first-order valence-electron chi connectivity index (χ1n) is 6.42. The van der Waals surface area contributed by atoms with Gasteiger partial charge in [-0.05, 0) is 26.2 Å². The molecule has 0 saturated carbocycles. The van der Waals surface area contributed by atoms with Crippen LogP contribution in [-0.2, 0) is 9.63 Å². The van der Waals surface area contributed by atoms with Gasteiger partial charge in [0, 0.05) is 12.8 Å². The third-order valence-electron chi connectivity index (χ3n) is 3.68. The summed E-state index contributed by atoms with van der Waals surface area (Å²) in [5, 5.41) is 2.15. The van der Waals surface area contributed by atoms with Gasteiger partial charge < -0.3 is 0 Å². The van der Waals surface area contributed by atoms with Crippen LogP contribution >= 0.6 is 11.8 Å². The molecule has 4 heteroatoms. The maximum Gasteiger partial charge on any atom is 0.199 e. The van der Waals surface area contributed by atoms with E-state index in [0.29, 0.717) is 5.92 Å². The fourth-order valence-corrected chi connectivity index (χ4v) is 3.78. The highest BCUT2D eigenvalue weighted by Crippen LogP contribution is 2.44. The fourth-order valence-electron chi connectivity index (χ4n) is 2.79. The monoisotopic (exact) mass is 259 g/mol. The number of rotatable bonds is 4. The van der Waals surface area contributed by atoms with Crippen LogP contribution < -0.4 is 0 Å². The summed E-state index contributed by atoms with van der Waals surface area (Å²) >= 11 is 1.45. The molecule has 0 N–H and O–H groups in total. The van der Waals surface area contributed by atoms with Crippen molar-refractivity contribution in [1.82, 2.24) is 5.06 Å². The lowest BCUT2D eigenvalue weighted by Gasteiger charge is -2.34. The Bertz CT molecular complexity index is 283. The minimum Gasteiger partial charge on any atom is -0.295 e. The van der Waals surface area contributed by atoms with Gasteiger partial charge in [0.05, 0.1) is 17.6 Å². The molecule has 1 rings (SSSR count). The van der Waals surface area contributed by atoms with Crippen molar-refractivity contribution in [2.24, 2.45) is 11.3 Å². The Hall–Kier alpha value is -0.0600. The molecule has 3 atom stereocenters. The maximum atomic E-state index is 12.5. The van der Waals surface area contributed by atoms with Crippen LogP contribution in [0.3, 0.4) is 0 Å². The highest BCUT2D eigenvalue weighted by atomic mass is 32.2. The van der Waals surface area contributed by atoms with Crippen molar-refractivity contribution in [1.29, 1.82) is 0 Å². The van der Waals surface area contributed by atoms with Gasteiger partial charge in [0.25, 0.3) is 0 Å². The lowest BCUT2D eigenvalue weighted by Crippen LogP contribution is -2.47. The summed E-state index contributed by atoms with van der Waals surface area (Å²) in [5.41, 5.74) is -0.400. The van der Waals surface area contributed by atoms with Crippen LogP contribution in [0, 0.1) is 11.3 Å². The van der Waals surface area contributed by atoms with Crippen molar-refractivity contribution in [3.63, 3.8) is 0 Å². The molecule has 0 aromatic rings. The summed E-state index contributed by atoms with van der Waals surface area (Å²) in [6.07, 6.45) is 0.987. The second-order valence-corrected chi connectivity index (χ2v) is 6.47. The molecule has 0 unspecified atom stereocenters. The van der Waals surface area contributed by atoms with Crippen molar-refractivity contribution >= 4 is 16.9 Å². The quantitative estimate of drug-likeness (QED) is 0.776.